The molecule has 0 radical (unpaired) electrons. The van der Waals surface area contributed by atoms with E-state index in [1.165, 1.54) is 5.06 Å². The Labute approximate surface area is 125 Å². The lowest BCUT2D eigenvalue weighted by Crippen LogP contribution is -2.48. The number of allylic oxidation sites excluding steroid dienone is 1. The average Bonchev–Trinajstić information content (AvgIpc) is 2.65. The molecule has 0 N–H and O–H groups in total. The van der Waals surface area contributed by atoms with Gasteiger partial charge in [0.1, 0.15) is 11.2 Å². The molecule has 6 heteroatoms. The van der Waals surface area contributed by atoms with Crippen molar-refractivity contribution in [3.05, 3.63) is 12.3 Å². The Balaban J connectivity index is 1.92. The summed E-state index contributed by atoms with van der Waals surface area (Å²) < 4.78 is 5.37. The minimum Gasteiger partial charge on any atom is -0.444 e. The molecule has 6 nitrogen and oxygen atoms in total. The van der Waals surface area contributed by atoms with E-state index < -0.39 is 11.2 Å². The molecule has 0 saturated carbocycles. The molecule has 0 aromatic rings. The van der Waals surface area contributed by atoms with Crippen molar-refractivity contribution in [2.45, 2.75) is 58.2 Å². The minimum absolute atomic E-state index is 0.0289. The predicted octanol–water partition coefficient (Wildman–Crippen LogP) is 2.45. The molecule has 0 aromatic heterocycles. The van der Waals surface area contributed by atoms with Crippen LogP contribution in [0.4, 0.5) is 4.79 Å². The van der Waals surface area contributed by atoms with E-state index >= 15 is 0 Å². The molecule has 2 aliphatic heterocycles. The number of piperidine rings is 1. The summed E-state index contributed by atoms with van der Waals surface area (Å²) in [7, 11) is 0. The fraction of sp³-hybridized carbons (Fsp3) is 0.733. The Hall–Kier alpha value is -1.56. The number of nitrogens with zero attached hydrogens (tertiary/aromatic N) is 2. The Morgan fingerprint density at radius 2 is 1.95 bits per heavy atom. The highest BCUT2D eigenvalue weighted by Crippen LogP contribution is 2.36. The third-order valence-electron chi connectivity index (χ3n) is 3.62. The number of amides is 2. The molecule has 2 rings (SSSR count). The van der Waals surface area contributed by atoms with Gasteiger partial charge in [-0.3, -0.25) is 9.63 Å². The van der Waals surface area contributed by atoms with Crippen molar-refractivity contribution in [2.75, 3.05) is 13.1 Å². The molecular weight excluding hydrogens is 272 g/mol. The Morgan fingerprint density at radius 1 is 1.33 bits per heavy atom. The normalized spacial score (nSPS) is 22.4. The summed E-state index contributed by atoms with van der Waals surface area (Å²) in [6, 6.07) is 0. The lowest BCUT2D eigenvalue weighted by Gasteiger charge is -2.37. The van der Waals surface area contributed by atoms with Crippen molar-refractivity contribution in [3.8, 4) is 0 Å². The number of ether oxygens (including phenoxy) is 1. The van der Waals surface area contributed by atoms with E-state index in [-0.39, 0.29) is 12.0 Å². The summed E-state index contributed by atoms with van der Waals surface area (Å²) in [6.45, 7) is 8.49. The van der Waals surface area contributed by atoms with Gasteiger partial charge in [-0.15, -0.1) is 0 Å². The first-order valence-electron chi connectivity index (χ1n) is 7.37. The molecule has 0 atom stereocenters. The van der Waals surface area contributed by atoms with E-state index in [1.54, 1.807) is 17.2 Å². The average molecular weight is 296 g/mol. The Morgan fingerprint density at radius 3 is 2.48 bits per heavy atom. The van der Waals surface area contributed by atoms with Crippen molar-refractivity contribution in [3.63, 3.8) is 0 Å². The maximum atomic E-state index is 12.0. The first-order chi connectivity index (χ1) is 9.75. The van der Waals surface area contributed by atoms with E-state index in [9.17, 15) is 9.59 Å². The fourth-order valence-corrected chi connectivity index (χ4v) is 2.59. The molecular formula is C15H24N2O4. The molecule has 2 saturated heterocycles. The summed E-state index contributed by atoms with van der Waals surface area (Å²) in [5.41, 5.74) is -0.954. The van der Waals surface area contributed by atoms with E-state index in [0.29, 0.717) is 32.4 Å². The third-order valence-corrected chi connectivity index (χ3v) is 3.62. The zero-order valence-corrected chi connectivity index (χ0v) is 13.2. The second kappa shape index (κ2) is 5.67. The van der Waals surface area contributed by atoms with E-state index in [2.05, 4.69) is 0 Å². The number of likely N-dealkylation sites (tertiary alicyclic amines) is 1. The van der Waals surface area contributed by atoms with Crippen LogP contribution in [0, 0.1) is 0 Å². The smallest absolute Gasteiger partial charge is 0.410 e. The first kappa shape index (κ1) is 15.8. The van der Waals surface area contributed by atoms with E-state index in [0.717, 1.165) is 0 Å². The zero-order valence-electron chi connectivity index (χ0n) is 13.2. The van der Waals surface area contributed by atoms with Crippen LogP contribution in [0.3, 0.4) is 0 Å². The van der Waals surface area contributed by atoms with E-state index in [4.69, 9.17) is 9.57 Å². The van der Waals surface area contributed by atoms with Crippen LogP contribution >= 0.6 is 0 Å². The van der Waals surface area contributed by atoms with Crippen molar-refractivity contribution in [1.82, 2.24) is 9.96 Å². The van der Waals surface area contributed by atoms with Gasteiger partial charge in [-0.1, -0.05) is 6.08 Å². The van der Waals surface area contributed by atoms with Gasteiger partial charge < -0.3 is 9.64 Å². The summed E-state index contributed by atoms with van der Waals surface area (Å²) >= 11 is 0. The SMILES string of the molecule is C/C=C/N1OC2(CCN(C(=O)OC(C)(C)C)CC2)CC1=O. The second-order valence-corrected chi connectivity index (χ2v) is 6.62. The first-order valence-corrected chi connectivity index (χ1v) is 7.37. The topological polar surface area (TPSA) is 59.1 Å². The number of hydroxylamine groups is 2. The van der Waals surface area contributed by atoms with Gasteiger partial charge >= 0.3 is 6.09 Å². The minimum atomic E-state index is -0.491. The van der Waals surface area contributed by atoms with Crippen LogP contribution in [0.15, 0.2) is 12.3 Å². The summed E-state index contributed by atoms with van der Waals surface area (Å²) in [6.07, 6.45) is 4.77. The Bertz CT molecular complexity index is 445. The molecule has 2 heterocycles. The third kappa shape index (κ3) is 3.75. The van der Waals surface area contributed by atoms with Gasteiger partial charge in [0.05, 0.1) is 6.42 Å². The maximum absolute atomic E-state index is 12.0. The molecule has 1 spiro atoms. The zero-order chi connectivity index (χ0) is 15.7. The summed E-state index contributed by atoms with van der Waals surface area (Å²) in [5, 5.41) is 1.31. The molecule has 0 aliphatic carbocycles. The highest BCUT2D eigenvalue weighted by molar-refractivity contribution is 5.79. The monoisotopic (exact) mass is 296 g/mol. The molecule has 0 bridgehead atoms. The quantitative estimate of drug-likeness (QED) is 0.746. The van der Waals surface area contributed by atoms with E-state index in [1.807, 2.05) is 27.7 Å². The summed E-state index contributed by atoms with van der Waals surface area (Å²) in [5.74, 6) is -0.0289. The van der Waals surface area contributed by atoms with Crippen LogP contribution in [0.5, 0.6) is 0 Å². The Kier molecular flexibility index (Phi) is 4.27. The van der Waals surface area contributed by atoms with Crippen molar-refractivity contribution in [1.29, 1.82) is 0 Å². The molecule has 118 valence electrons. The fourth-order valence-electron chi connectivity index (χ4n) is 2.59. The maximum Gasteiger partial charge on any atom is 0.410 e. The van der Waals surface area contributed by atoms with Crippen LogP contribution in [-0.2, 0) is 14.4 Å². The molecule has 0 unspecified atom stereocenters. The van der Waals surface area contributed by atoms with Crippen LogP contribution in [0.25, 0.3) is 0 Å². The molecule has 2 fully saturated rings. The van der Waals surface area contributed by atoms with Gasteiger partial charge in [-0.25, -0.2) is 4.79 Å². The standard InChI is InChI=1S/C15H24N2O4/c1-5-8-17-12(18)11-15(21-17)6-9-16(10-7-15)13(19)20-14(2,3)4/h5,8H,6-7,9-11H2,1-4H3/b8-5+. The van der Waals surface area contributed by atoms with Crippen molar-refractivity contribution >= 4 is 12.0 Å². The molecule has 2 amide bonds. The van der Waals surface area contributed by atoms with Crippen LogP contribution in [-0.4, -0.2) is 46.3 Å². The molecule has 2 aliphatic rings. The molecule has 21 heavy (non-hydrogen) atoms. The number of hydrogen-bond acceptors (Lipinski definition) is 4. The highest BCUT2D eigenvalue weighted by atomic mass is 16.7. The molecule has 0 aromatic carbocycles. The largest absolute Gasteiger partial charge is 0.444 e. The van der Waals surface area contributed by atoms with Gasteiger partial charge in [0.15, 0.2) is 0 Å². The van der Waals surface area contributed by atoms with Crippen LogP contribution in [0.1, 0.15) is 47.0 Å². The number of hydrogen-bond donors (Lipinski definition) is 0. The van der Waals surface area contributed by atoms with Gasteiger partial charge in [-0.05, 0) is 40.5 Å². The van der Waals surface area contributed by atoms with Crippen LogP contribution < -0.4 is 0 Å². The van der Waals surface area contributed by atoms with Crippen molar-refractivity contribution < 1.29 is 19.2 Å². The lowest BCUT2D eigenvalue weighted by atomic mass is 9.89. The number of rotatable bonds is 1. The van der Waals surface area contributed by atoms with Gasteiger partial charge in [-0.2, -0.15) is 5.06 Å². The van der Waals surface area contributed by atoms with Crippen molar-refractivity contribution in [2.24, 2.45) is 0 Å². The summed E-state index contributed by atoms with van der Waals surface area (Å²) in [4.78, 5) is 31.4. The van der Waals surface area contributed by atoms with Gasteiger partial charge in [0.25, 0.3) is 5.91 Å². The lowest BCUT2D eigenvalue weighted by molar-refractivity contribution is -0.188. The van der Waals surface area contributed by atoms with Crippen LogP contribution in [0.2, 0.25) is 0 Å². The van der Waals surface area contributed by atoms with Gasteiger partial charge in [0, 0.05) is 19.3 Å². The van der Waals surface area contributed by atoms with Gasteiger partial charge in [0.2, 0.25) is 0 Å². The second-order valence-electron chi connectivity index (χ2n) is 6.62. The number of carbonyl (C=O) groups excluding carboxylic acids is 2. The predicted molar refractivity (Wildman–Crippen MR) is 77.1 cm³/mol. The number of carbonyl (C=O) groups is 2. The highest BCUT2D eigenvalue weighted by Gasteiger charge is 2.47.